The van der Waals surface area contributed by atoms with Gasteiger partial charge in [0.1, 0.15) is 6.07 Å². The Balaban J connectivity index is 2.01. The zero-order chi connectivity index (χ0) is 13.5. The van der Waals surface area contributed by atoms with Crippen LogP contribution >= 0.6 is 0 Å². The fourth-order valence-corrected chi connectivity index (χ4v) is 1.71. The van der Waals surface area contributed by atoms with Gasteiger partial charge in [-0.25, -0.2) is 4.79 Å². The number of rotatable bonds is 4. The van der Waals surface area contributed by atoms with Crippen LogP contribution in [0, 0.1) is 11.3 Å². The second kappa shape index (κ2) is 6.36. The molecule has 0 saturated carbocycles. The van der Waals surface area contributed by atoms with Crippen LogP contribution in [0.25, 0.3) is 0 Å². The molecular weight excluding hydrogens is 238 g/mol. The van der Waals surface area contributed by atoms with Crippen LogP contribution in [0.5, 0.6) is 0 Å². The summed E-state index contributed by atoms with van der Waals surface area (Å²) in [7, 11) is 0. The van der Waals surface area contributed by atoms with Gasteiger partial charge in [0.05, 0.1) is 5.56 Å². The van der Waals surface area contributed by atoms with Crippen LogP contribution in [0.1, 0.15) is 15.9 Å². The molecule has 1 unspecified atom stereocenters. The maximum Gasteiger partial charge on any atom is 0.339 e. The van der Waals surface area contributed by atoms with Crippen LogP contribution in [0.15, 0.2) is 60.7 Å². The van der Waals surface area contributed by atoms with Gasteiger partial charge >= 0.3 is 5.97 Å². The minimum atomic E-state index is -0.768. The molecular formula is C16H13NO2. The Bertz CT molecular complexity index is 573. The fourth-order valence-electron chi connectivity index (χ4n) is 1.71. The van der Waals surface area contributed by atoms with E-state index in [1.807, 2.05) is 42.5 Å². The van der Waals surface area contributed by atoms with Crippen LogP contribution in [-0.4, -0.2) is 12.1 Å². The summed E-state index contributed by atoms with van der Waals surface area (Å²) in [5, 5.41) is 9.06. The zero-order valence-corrected chi connectivity index (χ0v) is 10.3. The quantitative estimate of drug-likeness (QED) is 0.785. The molecule has 0 aliphatic heterocycles. The van der Waals surface area contributed by atoms with E-state index in [-0.39, 0.29) is 0 Å². The Hall–Kier alpha value is -2.60. The molecule has 0 spiro atoms. The summed E-state index contributed by atoms with van der Waals surface area (Å²) < 4.78 is 5.19. The molecule has 0 aliphatic carbocycles. The van der Waals surface area contributed by atoms with E-state index in [0.717, 1.165) is 5.56 Å². The van der Waals surface area contributed by atoms with Gasteiger partial charge in [-0.15, -0.1) is 0 Å². The Kier molecular flexibility index (Phi) is 4.30. The minimum Gasteiger partial charge on any atom is -0.443 e. The molecule has 0 N–H and O–H groups in total. The average molecular weight is 251 g/mol. The number of carbonyl (C=O) groups excluding carboxylic acids is 1. The second-order valence-corrected chi connectivity index (χ2v) is 4.08. The molecule has 2 aromatic carbocycles. The van der Waals surface area contributed by atoms with E-state index in [0.29, 0.717) is 12.0 Å². The van der Waals surface area contributed by atoms with Crippen molar-refractivity contribution in [3.05, 3.63) is 71.8 Å². The summed E-state index contributed by atoms with van der Waals surface area (Å²) in [6.07, 6.45) is -0.370. The lowest BCUT2D eigenvalue weighted by atomic mass is 10.1. The van der Waals surface area contributed by atoms with Crippen LogP contribution < -0.4 is 0 Å². The molecule has 94 valence electrons. The van der Waals surface area contributed by atoms with Gasteiger partial charge in [0.2, 0.25) is 0 Å². The SMILES string of the molecule is N#CC(Cc1ccccc1)OC(=O)c1ccccc1. The Morgan fingerprint density at radius 2 is 1.63 bits per heavy atom. The van der Waals surface area contributed by atoms with Gasteiger partial charge < -0.3 is 4.74 Å². The van der Waals surface area contributed by atoms with Gasteiger partial charge in [-0.1, -0.05) is 48.5 Å². The molecule has 3 heteroatoms. The molecule has 0 saturated heterocycles. The lowest BCUT2D eigenvalue weighted by Gasteiger charge is -2.11. The Morgan fingerprint density at radius 1 is 1.05 bits per heavy atom. The van der Waals surface area contributed by atoms with E-state index in [9.17, 15) is 4.79 Å². The maximum absolute atomic E-state index is 11.8. The standard InChI is InChI=1S/C16H13NO2/c17-12-15(11-13-7-3-1-4-8-13)19-16(18)14-9-5-2-6-10-14/h1-10,15H,11H2. The third kappa shape index (κ3) is 3.68. The summed E-state index contributed by atoms with van der Waals surface area (Å²) in [5.41, 5.74) is 1.42. The molecule has 0 aliphatic rings. The van der Waals surface area contributed by atoms with Crippen molar-refractivity contribution in [2.24, 2.45) is 0 Å². The number of hydrogen-bond acceptors (Lipinski definition) is 3. The highest BCUT2D eigenvalue weighted by Gasteiger charge is 2.15. The van der Waals surface area contributed by atoms with Crippen LogP contribution in [0.3, 0.4) is 0 Å². The summed E-state index contributed by atoms with van der Waals surface area (Å²) in [4.78, 5) is 11.8. The molecule has 19 heavy (non-hydrogen) atoms. The lowest BCUT2D eigenvalue weighted by Crippen LogP contribution is -2.19. The largest absolute Gasteiger partial charge is 0.443 e. The van der Waals surface area contributed by atoms with E-state index in [2.05, 4.69) is 0 Å². The van der Waals surface area contributed by atoms with Crippen LogP contribution in [-0.2, 0) is 11.2 Å². The van der Waals surface area contributed by atoms with Gasteiger partial charge in [0.25, 0.3) is 0 Å². The van der Waals surface area contributed by atoms with Crippen molar-refractivity contribution in [3.8, 4) is 6.07 Å². The number of esters is 1. The normalized spacial score (nSPS) is 11.3. The van der Waals surface area contributed by atoms with Gasteiger partial charge in [-0.2, -0.15) is 5.26 Å². The Labute approximate surface area is 112 Å². The first-order chi connectivity index (χ1) is 9.29. The van der Waals surface area contributed by atoms with Crippen molar-refractivity contribution in [2.75, 3.05) is 0 Å². The van der Waals surface area contributed by atoms with Crippen molar-refractivity contribution in [2.45, 2.75) is 12.5 Å². The highest BCUT2D eigenvalue weighted by molar-refractivity contribution is 5.89. The van der Waals surface area contributed by atoms with Crippen molar-refractivity contribution in [1.29, 1.82) is 5.26 Å². The third-order valence-electron chi connectivity index (χ3n) is 2.67. The monoisotopic (exact) mass is 251 g/mol. The average Bonchev–Trinajstić information content (AvgIpc) is 2.48. The highest BCUT2D eigenvalue weighted by Crippen LogP contribution is 2.09. The first-order valence-electron chi connectivity index (χ1n) is 5.99. The van der Waals surface area contributed by atoms with Gasteiger partial charge in [-0.05, 0) is 17.7 Å². The molecule has 3 nitrogen and oxygen atoms in total. The molecule has 2 rings (SSSR count). The van der Waals surface area contributed by atoms with Crippen LogP contribution in [0.2, 0.25) is 0 Å². The maximum atomic E-state index is 11.8. The van der Waals surface area contributed by atoms with E-state index in [1.54, 1.807) is 24.3 Å². The predicted octanol–water partition coefficient (Wildman–Crippen LogP) is 2.98. The topological polar surface area (TPSA) is 50.1 Å². The van der Waals surface area contributed by atoms with Crippen molar-refractivity contribution in [3.63, 3.8) is 0 Å². The molecule has 0 aromatic heterocycles. The first-order valence-corrected chi connectivity index (χ1v) is 5.99. The lowest BCUT2D eigenvalue weighted by molar-refractivity contribution is 0.0408. The Morgan fingerprint density at radius 3 is 2.21 bits per heavy atom. The van der Waals surface area contributed by atoms with Gasteiger partial charge in [0.15, 0.2) is 6.10 Å². The van der Waals surface area contributed by atoms with Crippen LogP contribution in [0.4, 0.5) is 0 Å². The predicted molar refractivity (Wildman–Crippen MR) is 71.4 cm³/mol. The fraction of sp³-hybridized carbons (Fsp3) is 0.125. The second-order valence-electron chi connectivity index (χ2n) is 4.08. The zero-order valence-electron chi connectivity index (χ0n) is 10.3. The summed E-state index contributed by atoms with van der Waals surface area (Å²) >= 11 is 0. The number of ether oxygens (including phenoxy) is 1. The van der Waals surface area contributed by atoms with E-state index in [1.165, 1.54) is 0 Å². The number of nitriles is 1. The molecule has 0 bridgehead atoms. The highest BCUT2D eigenvalue weighted by atomic mass is 16.5. The molecule has 0 heterocycles. The van der Waals surface area contributed by atoms with E-state index < -0.39 is 12.1 Å². The summed E-state index contributed by atoms with van der Waals surface area (Å²) in [5.74, 6) is -0.469. The summed E-state index contributed by atoms with van der Waals surface area (Å²) in [6.45, 7) is 0. The number of carbonyl (C=O) groups is 1. The third-order valence-corrected chi connectivity index (χ3v) is 2.67. The van der Waals surface area contributed by atoms with Crippen molar-refractivity contribution in [1.82, 2.24) is 0 Å². The van der Waals surface area contributed by atoms with Crippen molar-refractivity contribution >= 4 is 5.97 Å². The van der Waals surface area contributed by atoms with Crippen molar-refractivity contribution < 1.29 is 9.53 Å². The number of nitrogens with zero attached hydrogens (tertiary/aromatic N) is 1. The molecule has 1 atom stereocenters. The molecule has 2 aromatic rings. The van der Waals surface area contributed by atoms with E-state index >= 15 is 0 Å². The van der Waals surface area contributed by atoms with Gasteiger partial charge in [0, 0.05) is 6.42 Å². The molecule has 0 radical (unpaired) electrons. The van der Waals surface area contributed by atoms with Gasteiger partial charge in [-0.3, -0.25) is 0 Å². The molecule has 0 fully saturated rings. The molecule has 0 amide bonds. The minimum absolute atomic E-state index is 0.399. The number of hydrogen-bond donors (Lipinski definition) is 0. The first kappa shape index (κ1) is 12.8. The smallest absolute Gasteiger partial charge is 0.339 e. The number of benzene rings is 2. The summed E-state index contributed by atoms with van der Waals surface area (Å²) in [6, 6.07) is 20.2. The van der Waals surface area contributed by atoms with E-state index in [4.69, 9.17) is 10.00 Å².